The largest absolute Gasteiger partial charge is 0.410 e. The van der Waals surface area contributed by atoms with E-state index in [1.165, 1.54) is 29.7 Å². The zero-order chi connectivity index (χ0) is 7.68. The summed E-state index contributed by atoms with van der Waals surface area (Å²) in [4.78, 5) is 1.44. The van der Waals surface area contributed by atoms with Crippen LogP contribution in [0, 0.1) is 0 Å². The standard InChI is InChI=1S/C7H9NOS2/c9-8-7-5-3-1-2-4-6(5)10-11-7/h9H,1-4H2/b8-7-. The molecule has 60 valence electrons. The van der Waals surface area contributed by atoms with Crippen LogP contribution in [0.15, 0.2) is 5.16 Å². The Morgan fingerprint density at radius 2 is 2.00 bits per heavy atom. The van der Waals surface area contributed by atoms with Crippen LogP contribution in [0.1, 0.15) is 23.3 Å². The van der Waals surface area contributed by atoms with Gasteiger partial charge in [-0.2, -0.15) is 0 Å². The molecule has 4 heteroatoms. The molecule has 2 nitrogen and oxygen atoms in total. The monoisotopic (exact) mass is 187 g/mol. The molecule has 0 fully saturated rings. The molecule has 1 N–H and O–H groups in total. The van der Waals surface area contributed by atoms with Gasteiger partial charge in [0.15, 0.2) is 4.67 Å². The highest BCUT2D eigenvalue weighted by molar-refractivity contribution is 7.68. The average molecular weight is 187 g/mol. The third-order valence-corrected chi connectivity index (χ3v) is 4.54. The third kappa shape index (κ3) is 1.20. The molecule has 0 amide bonds. The highest BCUT2D eigenvalue weighted by Gasteiger charge is 2.13. The lowest BCUT2D eigenvalue weighted by atomic mass is 10.0. The Morgan fingerprint density at radius 3 is 2.82 bits per heavy atom. The van der Waals surface area contributed by atoms with E-state index in [0.29, 0.717) is 0 Å². The fraction of sp³-hybridized carbons (Fsp3) is 0.571. The van der Waals surface area contributed by atoms with Crippen molar-refractivity contribution < 1.29 is 5.21 Å². The molecule has 0 saturated carbocycles. The van der Waals surface area contributed by atoms with Crippen molar-refractivity contribution in [3.63, 3.8) is 0 Å². The second-order valence-electron chi connectivity index (χ2n) is 2.68. The molecule has 0 aliphatic heterocycles. The van der Waals surface area contributed by atoms with Gasteiger partial charge in [0, 0.05) is 10.4 Å². The minimum atomic E-state index is 0.838. The minimum Gasteiger partial charge on any atom is -0.410 e. The van der Waals surface area contributed by atoms with Crippen LogP contribution in [0.4, 0.5) is 0 Å². The van der Waals surface area contributed by atoms with Crippen molar-refractivity contribution in [2.24, 2.45) is 5.16 Å². The molecular formula is C7H9NOS2. The smallest absolute Gasteiger partial charge is 0.169 e. The van der Waals surface area contributed by atoms with E-state index in [-0.39, 0.29) is 0 Å². The first kappa shape index (κ1) is 7.31. The Labute approximate surface area is 72.2 Å². The van der Waals surface area contributed by atoms with Crippen molar-refractivity contribution in [2.45, 2.75) is 25.7 Å². The van der Waals surface area contributed by atoms with Gasteiger partial charge in [-0.3, -0.25) is 0 Å². The summed E-state index contributed by atoms with van der Waals surface area (Å²) in [5.74, 6) is 0. The van der Waals surface area contributed by atoms with Gasteiger partial charge in [0.1, 0.15) is 0 Å². The predicted octanol–water partition coefficient (Wildman–Crippen LogP) is 1.98. The van der Waals surface area contributed by atoms with Crippen LogP contribution in [0.5, 0.6) is 0 Å². The number of aryl methyl sites for hydroxylation is 1. The molecule has 1 heterocycles. The first-order valence-corrected chi connectivity index (χ1v) is 5.86. The van der Waals surface area contributed by atoms with E-state index in [1.54, 1.807) is 20.7 Å². The summed E-state index contributed by atoms with van der Waals surface area (Å²) < 4.78 is 0.838. The second kappa shape index (κ2) is 2.95. The average Bonchev–Trinajstić information content (AvgIpc) is 2.47. The van der Waals surface area contributed by atoms with Crippen LogP contribution in [-0.4, -0.2) is 5.21 Å². The maximum atomic E-state index is 8.62. The summed E-state index contributed by atoms with van der Waals surface area (Å²) in [5, 5.41) is 11.9. The first-order valence-electron chi connectivity index (χ1n) is 3.71. The molecule has 0 atom stereocenters. The molecule has 0 bridgehead atoms. The van der Waals surface area contributed by atoms with Crippen molar-refractivity contribution in [1.29, 1.82) is 0 Å². The molecule has 1 aromatic heterocycles. The van der Waals surface area contributed by atoms with Crippen molar-refractivity contribution in [1.82, 2.24) is 0 Å². The summed E-state index contributed by atoms with van der Waals surface area (Å²) >= 11 is 0. The van der Waals surface area contributed by atoms with Gasteiger partial charge in [-0.25, -0.2) is 0 Å². The Balaban J connectivity index is 2.54. The van der Waals surface area contributed by atoms with E-state index in [4.69, 9.17) is 5.21 Å². The lowest BCUT2D eigenvalue weighted by Crippen LogP contribution is -2.08. The maximum absolute atomic E-state index is 8.62. The summed E-state index contributed by atoms with van der Waals surface area (Å²) in [5.41, 5.74) is 1.30. The zero-order valence-electron chi connectivity index (χ0n) is 6.04. The fourth-order valence-electron chi connectivity index (χ4n) is 1.41. The first-order chi connectivity index (χ1) is 5.42. The predicted molar refractivity (Wildman–Crippen MR) is 46.2 cm³/mol. The summed E-state index contributed by atoms with van der Waals surface area (Å²) in [7, 11) is 3.35. The second-order valence-corrected chi connectivity index (χ2v) is 4.89. The highest BCUT2D eigenvalue weighted by atomic mass is 32.9. The van der Waals surface area contributed by atoms with Gasteiger partial charge in [0.2, 0.25) is 0 Å². The van der Waals surface area contributed by atoms with E-state index in [1.807, 2.05) is 0 Å². The van der Waals surface area contributed by atoms with Gasteiger partial charge >= 0.3 is 0 Å². The quantitative estimate of drug-likeness (QED) is 0.376. The molecule has 1 aromatic rings. The Hall–Kier alpha value is -0.350. The van der Waals surface area contributed by atoms with Crippen LogP contribution in [-0.2, 0) is 12.8 Å². The van der Waals surface area contributed by atoms with Crippen LogP contribution >= 0.6 is 20.7 Å². The fourth-order valence-corrected chi connectivity index (χ4v) is 4.04. The van der Waals surface area contributed by atoms with Crippen molar-refractivity contribution in [3.8, 4) is 0 Å². The van der Waals surface area contributed by atoms with E-state index >= 15 is 0 Å². The number of hydrogen-bond donors (Lipinski definition) is 1. The molecule has 0 saturated heterocycles. The van der Waals surface area contributed by atoms with Gasteiger partial charge in [-0.15, -0.1) is 0 Å². The molecule has 0 unspecified atom stereocenters. The van der Waals surface area contributed by atoms with Crippen molar-refractivity contribution >= 4 is 20.7 Å². The SMILES string of the molecule is O/N=c1\ssc2c1CCCC2. The number of fused-ring (bicyclic) bond motifs is 1. The topological polar surface area (TPSA) is 32.6 Å². The Kier molecular flexibility index (Phi) is 1.96. The Morgan fingerprint density at radius 1 is 1.18 bits per heavy atom. The molecule has 2 rings (SSSR count). The van der Waals surface area contributed by atoms with Gasteiger partial charge in [-0.05, 0) is 25.7 Å². The number of nitrogens with zero attached hydrogens (tertiary/aromatic N) is 1. The van der Waals surface area contributed by atoms with Crippen LogP contribution < -0.4 is 4.67 Å². The summed E-state index contributed by atoms with van der Waals surface area (Å²) in [6, 6.07) is 0. The Bertz CT molecular complexity index is 312. The molecule has 11 heavy (non-hydrogen) atoms. The molecule has 1 aliphatic rings. The molecule has 0 spiro atoms. The number of hydrogen-bond acceptors (Lipinski definition) is 4. The normalized spacial score (nSPS) is 18.4. The molecule has 0 aromatic carbocycles. The van der Waals surface area contributed by atoms with E-state index < -0.39 is 0 Å². The van der Waals surface area contributed by atoms with Crippen molar-refractivity contribution in [3.05, 3.63) is 15.1 Å². The van der Waals surface area contributed by atoms with Gasteiger partial charge in [0.25, 0.3) is 0 Å². The number of rotatable bonds is 0. The minimum absolute atomic E-state index is 0.838. The lowest BCUT2D eigenvalue weighted by molar-refractivity contribution is 0.303. The molecular weight excluding hydrogens is 178 g/mol. The molecule has 0 radical (unpaired) electrons. The molecule has 1 aliphatic carbocycles. The van der Waals surface area contributed by atoms with Crippen molar-refractivity contribution in [2.75, 3.05) is 0 Å². The lowest BCUT2D eigenvalue weighted by Gasteiger charge is -2.07. The summed E-state index contributed by atoms with van der Waals surface area (Å²) in [6.07, 6.45) is 4.84. The maximum Gasteiger partial charge on any atom is 0.169 e. The van der Waals surface area contributed by atoms with E-state index in [0.717, 1.165) is 11.1 Å². The van der Waals surface area contributed by atoms with Gasteiger partial charge in [-0.1, -0.05) is 25.8 Å². The zero-order valence-corrected chi connectivity index (χ0v) is 7.67. The third-order valence-electron chi connectivity index (χ3n) is 1.99. The van der Waals surface area contributed by atoms with Gasteiger partial charge < -0.3 is 5.21 Å². The highest BCUT2D eigenvalue weighted by Crippen LogP contribution is 2.24. The van der Waals surface area contributed by atoms with Gasteiger partial charge in [0.05, 0.1) is 0 Å². The van der Waals surface area contributed by atoms with Crippen LogP contribution in [0.2, 0.25) is 0 Å². The van der Waals surface area contributed by atoms with E-state index in [9.17, 15) is 0 Å². The summed E-state index contributed by atoms with van der Waals surface area (Å²) in [6.45, 7) is 0. The van der Waals surface area contributed by atoms with Crippen LogP contribution in [0.3, 0.4) is 0 Å². The van der Waals surface area contributed by atoms with Crippen LogP contribution in [0.25, 0.3) is 0 Å². The van der Waals surface area contributed by atoms with E-state index in [2.05, 4.69) is 5.16 Å².